The van der Waals surface area contributed by atoms with Gasteiger partial charge in [-0.05, 0) is 94.2 Å². The van der Waals surface area contributed by atoms with Crippen LogP contribution < -0.4 is 0 Å². The normalized spacial score (nSPS) is 14.2. The van der Waals surface area contributed by atoms with Gasteiger partial charge in [-0.15, -0.1) is 0 Å². The highest BCUT2D eigenvalue weighted by atomic mass is 32.2. The minimum atomic E-state index is -3.93. The van der Waals surface area contributed by atoms with E-state index in [1.165, 1.54) is 15.1 Å². The molecule has 0 saturated carbocycles. The topological polar surface area (TPSA) is 99.3 Å². The predicted molar refractivity (Wildman–Crippen MR) is 205 cm³/mol. The van der Waals surface area contributed by atoms with Crippen molar-refractivity contribution in [1.82, 2.24) is 23.6 Å². The van der Waals surface area contributed by atoms with Gasteiger partial charge in [-0.3, -0.25) is 4.68 Å². The standard InChI is InChI=1S/C42H45N5O4S/c1-30-13-15-37(16-14-30)52(49,50)47-29-39(36-27-44-46(28-36)22-19-31-9-6-5-7-10-31)38-25-35(26-43-40(38)47)34-12-8-11-33(24-34)23-32-17-20-45(21-18-32)41(48)51-42(2,3)4/h5-16,24-29,32H,17-23H2,1-4H3. The lowest BCUT2D eigenvalue weighted by atomic mass is 9.89. The van der Waals surface area contributed by atoms with Gasteiger partial charge in [-0.25, -0.2) is 22.2 Å². The van der Waals surface area contributed by atoms with Gasteiger partial charge >= 0.3 is 6.09 Å². The van der Waals surface area contributed by atoms with Gasteiger partial charge in [-0.1, -0.05) is 72.3 Å². The van der Waals surface area contributed by atoms with Crippen molar-refractivity contribution in [3.05, 3.63) is 126 Å². The average Bonchev–Trinajstić information content (AvgIpc) is 3.76. The smallest absolute Gasteiger partial charge is 0.410 e. The molecule has 0 spiro atoms. The van der Waals surface area contributed by atoms with E-state index in [1.807, 2.05) is 67.7 Å². The number of hydrogen-bond donors (Lipinski definition) is 0. The number of benzene rings is 3. The molecule has 0 radical (unpaired) electrons. The summed E-state index contributed by atoms with van der Waals surface area (Å²) in [5.74, 6) is 0.459. The highest BCUT2D eigenvalue weighted by molar-refractivity contribution is 7.90. The molecule has 3 aromatic carbocycles. The number of amides is 1. The summed E-state index contributed by atoms with van der Waals surface area (Å²) in [4.78, 5) is 19.4. The Balaban J connectivity index is 1.18. The molecule has 1 fully saturated rings. The number of nitrogens with zero attached hydrogens (tertiary/aromatic N) is 5. The fourth-order valence-corrected chi connectivity index (χ4v) is 8.17. The molecule has 7 rings (SSSR count). The second kappa shape index (κ2) is 14.4. The molecule has 1 amide bonds. The van der Waals surface area contributed by atoms with Crippen molar-refractivity contribution >= 4 is 27.1 Å². The summed E-state index contributed by atoms with van der Waals surface area (Å²) in [5.41, 5.74) is 6.76. The highest BCUT2D eigenvalue weighted by Gasteiger charge is 2.27. The number of piperidine rings is 1. The van der Waals surface area contributed by atoms with E-state index < -0.39 is 15.6 Å². The molecule has 0 N–H and O–H groups in total. The van der Waals surface area contributed by atoms with Crippen LogP contribution in [-0.4, -0.2) is 56.8 Å². The zero-order chi connectivity index (χ0) is 36.5. The Morgan fingerprint density at radius 3 is 2.31 bits per heavy atom. The van der Waals surface area contributed by atoms with Crippen LogP contribution in [0.5, 0.6) is 0 Å². The van der Waals surface area contributed by atoms with Crippen LogP contribution in [-0.2, 0) is 34.1 Å². The molecule has 1 aliphatic heterocycles. The number of fused-ring (bicyclic) bond motifs is 1. The first kappa shape index (κ1) is 35.2. The van der Waals surface area contributed by atoms with E-state index in [2.05, 4.69) is 41.5 Å². The van der Waals surface area contributed by atoms with E-state index >= 15 is 0 Å². The molecular formula is C42H45N5O4S. The maximum absolute atomic E-state index is 14.0. The molecule has 1 aliphatic rings. The van der Waals surface area contributed by atoms with Gasteiger partial charge in [0.05, 0.1) is 11.1 Å². The minimum absolute atomic E-state index is 0.204. The molecule has 0 atom stereocenters. The Hall–Kier alpha value is -5.22. The first-order valence-corrected chi connectivity index (χ1v) is 19.3. The third-order valence-electron chi connectivity index (χ3n) is 9.66. The average molecular weight is 716 g/mol. The molecule has 0 unspecified atom stereocenters. The molecule has 1 saturated heterocycles. The van der Waals surface area contributed by atoms with Crippen molar-refractivity contribution in [2.24, 2.45) is 5.92 Å². The van der Waals surface area contributed by atoms with Crippen molar-refractivity contribution < 1.29 is 17.9 Å². The fourth-order valence-electron chi connectivity index (χ4n) is 6.84. The van der Waals surface area contributed by atoms with Crippen LogP contribution in [0.3, 0.4) is 0 Å². The summed E-state index contributed by atoms with van der Waals surface area (Å²) < 4.78 is 36.9. The second-order valence-corrected chi connectivity index (χ2v) is 16.6. The van der Waals surface area contributed by atoms with Gasteiger partial charge < -0.3 is 9.64 Å². The lowest BCUT2D eigenvalue weighted by Gasteiger charge is -2.33. The number of carbonyl (C=O) groups is 1. The van der Waals surface area contributed by atoms with Gasteiger partial charge in [0.1, 0.15) is 5.60 Å². The van der Waals surface area contributed by atoms with E-state index in [1.54, 1.807) is 42.9 Å². The van der Waals surface area contributed by atoms with Gasteiger partial charge in [-0.2, -0.15) is 5.10 Å². The molecule has 0 bridgehead atoms. The van der Waals surface area contributed by atoms with Crippen molar-refractivity contribution in [2.45, 2.75) is 70.4 Å². The van der Waals surface area contributed by atoms with Crippen LogP contribution in [0.4, 0.5) is 4.79 Å². The van der Waals surface area contributed by atoms with Crippen LogP contribution in [0, 0.1) is 12.8 Å². The molecule has 4 heterocycles. The number of hydrogen-bond acceptors (Lipinski definition) is 6. The number of aromatic nitrogens is 4. The molecular weight excluding hydrogens is 671 g/mol. The van der Waals surface area contributed by atoms with Crippen LogP contribution in [0.25, 0.3) is 33.3 Å². The predicted octanol–water partition coefficient (Wildman–Crippen LogP) is 8.54. The van der Waals surface area contributed by atoms with Gasteiger partial charge in [0.15, 0.2) is 5.65 Å². The molecule has 9 nitrogen and oxygen atoms in total. The maximum Gasteiger partial charge on any atom is 0.410 e. The minimum Gasteiger partial charge on any atom is -0.444 e. The number of rotatable bonds is 9. The van der Waals surface area contributed by atoms with Crippen LogP contribution in [0.2, 0.25) is 0 Å². The Bertz CT molecular complexity index is 2300. The van der Waals surface area contributed by atoms with E-state index in [0.717, 1.165) is 58.9 Å². The highest BCUT2D eigenvalue weighted by Crippen LogP contribution is 2.35. The lowest BCUT2D eigenvalue weighted by molar-refractivity contribution is 0.0184. The van der Waals surface area contributed by atoms with Gasteiger partial charge in [0, 0.05) is 60.3 Å². The molecule has 10 heteroatoms. The Morgan fingerprint density at radius 2 is 1.58 bits per heavy atom. The number of pyridine rings is 1. The maximum atomic E-state index is 14.0. The van der Waals surface area contributed by atoms with E-state index in [0.29, 0.717) is 31.2 Å². The summed E-state index contributed by atoms with van der Waals surface area (Å²) in [7, 11) is -3.93. The van der Waals surface area contributed by atoms with Crippen LogP contribution in [0.1, 0.15) is 50.3 Å². The first-order valence-electron chi connectivity index (χ1n) is 17.9. The largest absolute Gasteiger partial charge is 0.444 e. The summed E-state index contributed by atoms with van der Waals surface area (Å²) >= 11 is 0. The Morgan fingerprint density at radius 1 is 0.846 bits per heavy atom. The lowest BCUT2D eigenvalue weighted by Crippen LogP contribution is -2.42. The van der Waals surface area contributed by atoms with Gasteiger partial charge in [0.2, 0.25) is 0 Å². The molecule has 52 heavy (non-hydrogen) atoms. The summed E-state index contributed by atoms with van der Waals surface area (Å²) in [6, 6.07) is 27.7. The van der Waals surface area contributed by atoms with Crippen molar-refractivity contribution in [3.8, 4) is 22.3 Å². The third kappa shape index (κ3) is 7.82. The van der Waals surface area contributed by atoms with Crippen molar-refractivity contribution in [2.75, 3.05) is 13.1 Å². The number of carbonyl (C=O) groups excluding carboxylic acids is 1. The summed E-state index contributed by atoms with van der Waals surface area (Å²) in [6.45, 7) is 9.68. The Labute approximate surface area is 305 Å². The summed E-state index contributed by atoms with van der Waals surface area (Å²) in [5, 5.41) is 5.37. The van der Waals surface area contributed by atoms with E-state index in [-0.39, 0.29) is 11.0 Å². The first-order chi connectivity index (χ1) is 24.9. The molecule has 268 valence electrons. The fraction of sp³-hybridized carbons (Fsp3) is 0.310. The SMILES string of the molecule is Cc1ccc(S(=O)(=O)n2cc(-c3cnn(CCc4ccccc4)c3)c3cc(-c4cccc(CC5CCN(C(=O)OC(C)(C)C)CC5)c4)cnc32)cc1. The van der Waals surface area contributed by atoms with Crippen molar-refractivity contribution in [1.29, 1.82) is 0 Å². The van der Waals surface area contributed by atoms with Crippen molar-refractivity contribution in [3.63, 3.8) is 0 Å². The number of likely N-dealkylation sites (tertiary alicyclic amines) is 1. The van der Waals surface area contributed by atoms with Crippen LogP contribution in [0.15, 0.2) is 115 Å². The third-order valence-corrected chi connectivity index (χ3v) is 11.3. The monoisotopic (exact) mass is 715 g/mol. The quantitative estimate of drug-likeness (QED) is 0.149. The second-order valence-electron chi connectivity index (χ2n) is 14.8. The zero-order valence-electron chi connectivity index (χ0n) is 30.2. The van der Waals surface area contributed by atoms with E-state index in [9.17, 15) is 13.2 Å². The van der Waals surface area contributed by atoms with Crippen LogP contribution >= 0.6 is 0 Å². The van der Waals surface area contributed by atoms with Gasteiger partial charge in [0.25, 0.3) is 10.0 Å². The number of ether oxygens (including phenoxy) is 1. The zero-order valence-corrected chi connectivity index (χ0v) is 31.0. The molecule has 3 aromatic heterocycles. The molecule has 0 aliphatic carbocycles. The molecule has 6 aromatic rings. The number of aryl methyl sites for hydroxylation is 3. The van der Waals surface area contributed by atoms with E-state index in [4.69, 9.17) is 9.72 Å². The summed E-state index contributed by atoms with van der Waals surface area (Å²) in [6.07, 6.45) is 10.5. The Kier molecular flexibility index (Phi) is 9.76.